The molecule has 2 N–H and O–H groups in total. The van der Waals surface area contributed by atoms with Gasteiger partial charge in [0.15, 0.2) is 10.2 Å². The van der Waals surface area contributed by atoms with E-state index < -0.39 is 10.0 Å². The number of nitrogens with zero attached hydrogens (tertiary/aromatic N) is 3. The topological polar surface area (TPSA) is 108 Å². The number of aryl methyl sites for hydroxylation is 1. The number of fused-ring (bicyclic) bond motifs is 1. The van der Waals surface area contributed by atoms with Gasteiger partial charge in [-0.25, -0.2) is 18.4 Å². The molecule has 1 amide bonds. The number of hydrogen-bond acceptors (Lipinski definition) is 6. The van der Waals surface area contributed by atoms with E-state index in [1.54, 1.807) is 0 Å². The maximum atomic E-state index is 12.6. The number of amides is 1. The van der Waals surface area contributed by atoms with Crippen LogP contribution in [0.25, 0.3) is 10.2 Å². The number of imidazole rings is 1. The molecule has 1 aromatic carbocycles. The number of aromatic nitrogens is 3. The number of anilines is 1. The maximum Gasteiger partial charge on any atom is 0.260 e. The van der Waals surface area contributed by atoms with E-state index in [1.165, 1.54) is 28.2 Å². The van der Waals surface area contributed by atoms with Crippen molar-refractivity contribution >= 4 is 42.6 Å². The predicted molar refractivity (Wildman–Crippen MR) is 103 cm³/mol. The van der Waals surface area contributed by atoms with E-state index in [1.807, 2.05) is 25.1 Å². The number of benzene rings is 1. The summed E-state index contributed by atoms with van der Waals surface area (Å²) in [6, 6.07) is 5.94. The summed E-state index contributed by atoms with van der Waals surface area (Å²) in [5.41, 5.74) is 1.97. The van der Waals surface area contributed by atoms with Gasteiger partial charge in [0.1, 0.15) is 0 Å². The van der Waals surface area contributed by atoms with Crippen molar-refractivity contribution in [3.63, 3.8) is 0 Å². The lowest BCUT2D eigenvalue weighted by Gasteiger charge is -2.29. The highest BCUT2D eigenvalue weighted by molar-refractivity contribution is 7.89. The van der Waals surface area contributed by atoms with Crippen LogP contribution in [0.5, 0.6) is 0 Å². The fraction of sp³-hybridized carbons (Fsp3) is 0.353. The molecule has 27 heavy (non-hydrogen) atoms. The summed E-state index contributed by atoms with van der Waals surface area (Å²) in [4.78, 5) is 23.5. The molecule has 0 saturated carbocycles. The van der Waals surface area contributed by atoms with Gasteiger partial charge in [-0.1, -0.05) is 23.5 Å². The zero-order valence-electron chi connectivity index (χ0n) is 14.7. The summed E-state index contributed by atoms with van der Waals surface area (Å²) in [7, 11) is -3.58. The van der Waals surface area contributed by atoms with E-state index in [2.05, 4.69) is 20.3 Å². The van der Waals surface area contributed by atoms with Crippen LogP contribution in [0.4, 0.5) is 5.13 Å². The van der Waals surface area contributed by atoms with Crippen LogP contribution >= 0.6 is 11.3 Å². The van der Waals surface area contributed by atoms with Crippen molar-refractivity contribution in [3.05, 3.63) is 36.3 Å². The number of H-pyrrole nitrogens is 1. The molecule has 1 aliphatic rings. The molecule has 10 heteroatoms. The second-order valence-electron chi connectivity index (χ2n) is 6.52. The molecule has 2 aromatic heterocycles. The Balaban J connectivity index is 1.40. The second-order valence-corrected chi connectivity index (χ2v) is 9.46. The monoisotopic (exact) mass is 405 g/mol. The van der Waals surface area contributed by atoms with Crippen molar-refractivity contribution in [1.82, 2.24) is 19.3 Å². The van der Waals surface area contributed by atoms with Gasteiger partial charge in [0.25, 0.3) is 10.0 Å². The highest BCUT2D eigenvalue weighted by Gasteiger charge is 2.33. The molecule has 1 aliphatic heterocycles. The minimum atomic E-state index is -3.58. The third kappa shape index (κ3) is 3.47. The molecular formula is C17H19N5O3S2. The molecule has 3 heterocycles. The van der Waals surface area contributed by atoms with Gasteiger partial charge in [-0.2, -0.15) is 4.31 Å². The van der Waals surface area contributed by atoms with Crippen LogP contribution in [0.2, 0.25) is 0 Å². The summed E-state index contributed by atoms with van der Waals surface area (Å²) < 4.78 is 27.4. The molecule has 0 radical (unpaired) electrons. The van der Waals surface area contributed by atoms with Crippen molar-refractivity contribution in [2.75, 3.05) is 18.4 Å². The lowest BCUT2D eigenvalue weighted by molar-refractivity contribution is -0.120. The normalized spacial score (nSPS) is 16.6. The zero-order chi connectivity index (χ0) is 19.0. The number of sulfonamides is 1. The van der Waals surface area contributed by atoms with E-state index in [0.717, 1.165) is 15.8 Å². The van der Waals surface area contributed by atoms with Gasteiger partial charge in [0.05, 0.1) is 22.7 Å². The van der Waals surface area contributed by atoms with Gasteiger partial charge in [0.2, 0.25) is 5.91 Å². The molecular weight excluding hydrogens is 386 g/mol. The SMILES string of the molecule is Cc1cccc2sc(NC(=O)C3CCN(S(=O)(=O)c4cnc[nH]4)CC3)nc12. The van der Waals surface area contributed by atoms with Crippen molar-refractivity contribution in [2.24, 2.45) is 5.92 Å². The molecule has 3 aromatic rings. The van der Waals surface area contributed by atoms with Crippen LogP contribution in [0.3, 0.4) is 0 Å². The molecule has 0 unspecified atom stereocenters. The molecule has 4 rings (SSSR count). The first-order valence-electron chi connectivity index (χ1n) is 8.61. The van der Waals surface area contributed by atoms with Crippen LogP contribution < -0.4 is 5.32 Å². The minimum Gasteiger partial charge on any atom is -0.335 e. The first-order chi connectivity index (χ1) is 12.9. The summed E-state index contributed by atoms with van der Waals surface area (Å²) >= 11 is 1.45. The van der Waals surface area contributed by atoms with E-state index >= 15 is 0 Å². The molecule has 0 atom stereocenters. The van der Waals surface area contributed by atoms with E-state index in [4.69, 9.17) is 0 Å². The molecule has 0 bridgehead atoms. The summed E-state index contributed by atoms with van der Waals surface area (Å²) in [6.45, 7) is 2.60. The number of hydrogen-bond donors (Lipinski definition) is 2. The van der Waals surface area contributed by atoms with Crippen molar-refractivity contribution in [1.29, 1.82) is 0 Å². The van der Waals surface area contributed by atoms with Crippen molar-refractivity contribution < 1.29 is 13.2 Å². The fourth-order valence-corrected chi connectivity index (χ4v) is 5.54. The number of para-hydroxylation sites is 1. The number of aromatic amines is 1. The smallest absolute Gasteiger partial charge is 0.260 e. The third-order valence-electron chi connectivity index (χ3n) is 4.77. The van der Waals surface area contributed by atoms with Crippen LogP contribution in [0.15, 0.2) is 35.7 Å². The quantitative estimate of drug-likeness (QED) is 0.693. The maximum absolute atomic E-state index is 12.6. The van der Waals surface area contributed by atoms with Crippen LogP contribution in [0.1, 0.15) is 18.4 Å². The molecule has 142 valence electrons. The van der Waals surface area contributed by atoms with E-state index in [0.29, 0.717) is 31.1 Å². The first kappa shape index (κ1) is 18.1. The van der Waals surface area contributed by atoms with Crippen LogP contribution in [-0.4, -0.2) is 46.7 Å². The average molecular weight is 406 g/mol. The summed E-state index contributed by atoms with van der Waals surface area (Å²) in [5, 5.41) is 3.55. The standard InChI is InChI=1S/C17H19N5O3S2/c1-11-3-2-4-13-15(11)20-17(26-13)21-16(23)12-5-7-22(8-6-12)27(24,25)14-9-18-10-19-14/h2-4,9-10,12H,5-8H2,1H3,(H,18,19)(H,20,21,23). The number of rotatable bonds is 4. The summed E-state index contributed by atoms with van der Waals surface area (Å²) in [6.07, 6.45) is 3.59. The van der Waals surface area contributed by atoms with Gasteiger partial charge in [0, 0.05) is 19.0 Å². The Kier molecular flexibility index (Phi) is 4.70. The highest BCUT2D eigenvalue weighted by atomic mass is 32.2. The number of nitrogens with one attached hydrogen (secondary N) is 2. The highest BCUT2D eigenvalue weighted by Crippen LogP contribution is 2.29. The summed E-state index contributed by atoms with van der Waals surface area (Å²) in [5.74, 6) is -0.336. The van der Waals surface area contributed by atoms with Gasteiger partial charge in [-0.15, -0.1) is 0 Å². The number of thiazole rings is 1. The van der Waals surface area contributed by atoms with E-state index in [9.17, 15) is 13.2 Å². The molecule has 0 spiro atoms. The minimum absolute atomic E-state index is 0.0789. The molecule has 1 fully saturated rings. The second kappa shape index (κ2) is 7.02. The third-order valence-corrected chi connectivity index (χ3v) is 7.53. The lowest BCUT2D eigenvalue weighted by Crippen LogP contribution is -2.41. The van der Waals surface area contributed by atoms with Crippen LogP contribution in [-0.2, 0) is 14.8 Å². The Bertz CT molecular complexity index is 1070. The van der Waals surface area contributed by atoms with Gasteiger partial charge in [-0.3, -0.25) is 4.79 Å². The van der Waals surface area contributed by atoms with Crippen molar-refractivity contribution in [2.45, 2.75) is 24.8 Å². The fourth-order valence-electron chi connectivity index (χ4n) is 3.23. The Morgan fingerprint density at radius 2 is 2.11 bits per heavy atom. The molecule has 8 nitrogen and oxygen atoms in total. The Labute approximate surface area is 160 Å². The number of carbonyl (C=O) groups is 1. The Morgan fingerprint density at radius 3 is 2.78 bits per heavy atom. The number of carbonyl (C=O) groups excluding carboxylic acids is 1. The van der Waals surface area contributed by atoms with Gasteiger partial charge < -0.3 is 10.3 Å². The van der Waals surface area contributed by atoms with Crippen LogP contribution in [0, 0.1) is 12.8 Å². The Morgan fingerprint density at radius 1 is 1.33 bits per heavy atom. The predicted octanol–water partition coefficient (Wildman–Crippen LogP) is 2.37. The Hall–Kier alpha value is -2.30. The lowest BCUT2D eigenvalue weighted by atomic mass is 9.97. The largest absolute Gasteiger partial charge is 0.335 e. The van der Waals surface area contributed by atoms with Gasteiger partial charge >= 0.3 is 0 Å². The van der Waals surface area contributed by atoms with Gasteiger partial charge in [-0.05, 0) is 31.4 Å². The molecule has 1 saturated heterocycles. The number of piperidine rings is 1. The first-order valence-corrected chi connectivity index (χ1v) is 10.9. The molecule has 0 aliphatic carbocycles. The van der Waals surface area contributed by atoms with Crippen molar-refractivity contribution in [3.8, 4) is 0 Å². The average Bonchev–Trinajstić information content (AvgIpc) is 3.32. The van der Waals surface area contributed by atoms with E-state index in [-0.39, 0.29) is 16.9 Å². The zero-order valence-corrected chi connectivity index (χ0v) is 16.3.